The number of nitrogens with one attached hydrogen (secondary N) is 1. The van der Waals surface area contributed by atoms with Crippen LogP contribution in [-0.4, -0.2) is 90.1 Å². The smallest absolute Gasteiger partial charge is 0.324 e. The maximum Gasteiger partial charge on any atom is 0.324 e. The zero-order valence-electron chi connectivity index (χ0n) is 25.3. The molecule has 2 aromatic heterocycles. The molecule has 2 aliphatic rings. The van der Waals surface area contributed by atoms with Gasteiger partial charge >= 0.3 is 11.6 Å². The van der Waals surface area contributed by atoms with Gasteiger partial charge in [0.25, 0.3) is 5.91 Å². The minimum absolute atomic E-state index is 0.00614. The zero-order chi connectivity index (χ0) is 30.7. The molecule has 0 aliphatic carbocycles. The fourth-order valence-corrected chi connectivity index (χ4v) is 5.36. The molecule has 3 amide bonds. The lowest BCUT2D eigenvalue weighted by Gasteiger charge is -2.34. The highest BCUT2D eigenvalue weighted by Gasteiger charge is 2.34. The highest BCUT2D eigenvalue weighted by molar-refractivity contribution is 6.00. The van der Waals surface area contributed by atoms with Crippen LogP contribution in [0.3, 0.4) is 0 Å². The van der Waals surface area contributed by atoms with Crippen LogP contribution in [0.25, 0.3) is 5.65 Å². The first kappa shape index (κ1) is 30.3. The number of unbranched alkanes of at least 4 members (excludes halogenated alkanes) is 1. The van der Waals surface area contributed by atoms with Crippen LogP contribution in [0.5, 0.6) is 5.75 Å². The van der Waals surface area contributed by atoms with E-state index in [4.69, 9.17) is 9.72 Å². The third-order valence-corrected chi connectivity index (χ3v) is 8.00. The number of benzene rings is 1. The molecule has 0 spiro atoms. The molecule has 2 aliphatic heterocycles. The van der Waals surface area contributed by atoms with E-state index in [-0.39, 0.29) is 48.1 Å². The number of halogens is 1. The molecule has 4 heterocycles. The first-order chi connectivity index (χ1) is 20.7. The van der Waals surface area contributed by atoms with Gasteiger partial charge in [-0.1, -0.05) is 25.5 Å². The van der Waals surface area contributed by atoms with Crippen molar-refractivity contribution in [2.24, 2.45) is 0 Å². The molecule has 2 saturated heterocycles. The Labute approximate surface area is 250 Å². The molecule has 43 heavy (non-hydrogen) atoms. The minimum Gasteiger partial charge on any atom is -0.486 e. The number of urea groups is 1. The molecule has 1 N–H and O–H groups in total. The van der Waals surface area contributed by atoms with E-state index >= 15 is 0 Å². The average Bonchev–Trinajstić information content (AvgIpc) is 3.39. The Kier molecular flexibility index (Phi) is 9.14. The standard InChI is InChI=1S/C31H40FN7O4/c1-5-6-17-43-27-26(29(40)33-19-22-7-9-23(32)10-8-22)34-28-25(38-16-15-37(21(2)3)31(38)42)18-24(20-39(28)30(27)41)36-13-11-35(4)12-14-36/h7-10,18,20-21H,5-6,11-17,19H2,1-4H3,(H,33,40). The number of likely N-dealkylation sites (N-methyl/N-ethyl adjacent to an activating group) is 1. The quantitative estimate of drug-likeness (QED) is 0.360. The van der Waals surface area contributed by atoms with E-state index in [0.29, 0.717) is 30.8 Å². The lowest BCUT2D eigenvalue weighted by Crippen LogP contribution is -2.44. The molecule has 0 saturated carbocycles. The molecular formula is C31H40FN7O4. The molecule has 0 radical (unpaired) electrons. The summed E-state index contributed by atoms with van der Waals surface area (Å²) in [6.07, 6.45) is 3.27. The molecule has 0 atom stereocenters. The maximum atomic E-state index is 14.1. The molecule has 3 aromatic rings. The van der Waals surface area contributed by atoms with Crippen LogP contribution >= 0.6 is 0 Å². The summed E-state index contributed by atoms with van der Waals surface area (Å²) in [6, 6.07) is 7.52. The molecule has 0 bridgehead atoms. The van der Waals surface area contributed by atoms with Crippen molar-refractivity contribution < 1.29 is 18.7 Å². The van der Waals surface area contributed by atoms with Crippen LogP contribution in [0.1, 0.15) is 49.7 Å². The van der Waals surface area contributed by atoms with Crippen molar-refractivity contribution in [3.63, 3.8) is 0 Å². The number of nitrogens with zero attached hydrogens (tertiary/aromatic N) is 6. The third-order valence-electron chi connectivity index (χ3n) is 8.00. The molecule has 12 heteroatoms. The van der Waals surface area contributed by atoms with Gasteiger partial charge < -0.3 is 24.8 Å². The highest BCUT2D eigenvalue weighted by atomic mass is 19.1. The van der Waals surface area contributed by atoms with E-state index in [1.165, 1.54) is 16.5 Å². The maximum absolute atomic E-state index is 14.1. The molecule has 230 valence electrons. The number of carbonyl (C=O) groups is 2. The number of amides is 3. The van der Waals surface area contributed by atoms with Crippen LogP contribution in [0.2, 0.25) is 0 Å². The van der Waals surface area contributed by atoms with Crippen molar-refractivity contribution >= 4 is 29.0 Å². The minimum atomic E-state index is -0.596. The van der Waals surface area contributed by atoms with E-state index in [1.807, 2.05) is 26.8 Å². The number of piperazine rings is 1. The lowest BCUT2D eigenvalue weighted by molar-refractivity contribution is 0.0941. The normalized spacial score (nSPS) is 16.0. The van der Waals surface area contributed by atoms with Crippen LogP contribution in [-0.2, 0) is 6.54 Å². The summed E-state index contributed by atoms with van der Waals surface area (Å²) >= 11 is 0. The van der Waals surface area contributed by atoms with Crippen molar-refractivity contribution in [2.45, 2.75) is 46.2 Å². The molecule has 11 nitrogen and oxygen atoms in total. The van der Waals surface area contributed by atoms with Crippen LogP contribution in [0.15, 0.2) is 41.3 Å². The predicted molar refractivity (Wildman–Crippen MR) is 164 cm³/mol. The van der Waals surface area contributed by atoms with Gasteiger partial charge in [-0.15, -0.1) is 0 Å². The summed E-state index contributed by atoms with van der Waals surface area (Å²) < 4.78 is 20.7. The van der Waals surface area contributed by atoms with Gasteiger partial charge in [0.05, 0.1) is 18.0 Å². The number of pyridine rings is 1. The van der Waals surface area contributed by atoms with Gasteiger partial charge in [-0.3, -0.25) is 18.9 Å². The van der Waals surface area contributed by atoms with E-state index in [2.05, 4.69) is 22.2 Å². The Morgan fingerprint density at radius 1 is 1.07 bits per heavy atom. The summed E-state index contributed by atoms with van der Waals surface area (Å²) in [6.45, 7) is 10.5. The molecule has 2 fully saturated rings. The van der Waals surface area contributed by atoms with Crippen molar-refractivity contribution in [3.05, 3.63) is 64.0 Å². The number of aromatic nitrogens is 2. The van der Waals surface area contributed by atoms with Gasteiger partial charge in [-0.25, -0.2) is 14.2 Å². The first-order valence-electron chi connectivity index (χ1n) is 15.0. The summed E-state index contributed by atoms with van der Waals surface area (Å²) in [5, 5.41) is 2.79. The molecule has 5 rings (SSSR count). The van der Waals surface area contributed by atoms with E-state index in [1.54, 1.807) is 28.1 Å². The summed E-state index contributed by atoms with van der Waals surface area (Å²) in [7, 11) is 2.07. The van der Waals surface area contributed by atoms with Crippen LogP contribution < -0.4 is 25.4 Å². The van der Waals surface area contributed by atoms with E-state index in [0.717, 1.165) is 38.3 Å². The number of hydrogen-bond acceptors (Lipinski definition) is 7. The fourth-order valence-electron chi connectivity index (χ4n) is 5.36. The Bertz CT molecular complexity index is 1530. The lowest BCUT2D eigenvalue weighted by atomic mass is 10.2. The molecule has 0 unspecified atom stereocenters. The SMILES string of the molecule is CCCCOc1c(C(=O)NCc2ccc(F)cc2)nc2c(N3CCN(C(C)C)C3=O)cc(N3CCN(C)CC3)cn2c1=O. The van der Waals surface area contributed by atoms with Crippen LogP contribution in [0, 0.1) is 5.82 Å². The number of hydrogen-bond donors (Lipinski definition) is 1. The predicted octanol–water partition coefficient (Wildman–Crippen LogP) is 3.34. The van der Waals surface area contributed by atoms with Gasteiger partial charge in [0.15, 0.2) is 11.3 Å². The van der Waals surface area contributed by atoms with Gasteiger partial charge in [0, 0.05) is 58.1 Å². The Balaban J connectivity index is 1.62. The second-order valence-electron chi connectivity index (χ2n) is 11.4. The Morgan fingerprint density at radius 2 is 1.79 bits per heavy atom. The molecule has 1 aromatic carbocycles. The number of rotatable bonds is 10. The van der Waals surface area contributed by atoms with E-state index in [9.17, 15) is 18.8 Å². The first-order valence-corrected chi connectivity index (χ1v) is 15.0. The largest absolute Gasteiger partial charge is 0.486 e. The Hall–Kier alpha value is -4.19. The zero-order valence-corrected chi connectivity index (χ0v) is 25.3. The van der Waals surface area contributed by atoms with Crippen molar-refractivity contribution in [1.82, 2.24) is 24.5 Å². The highest BCUT2D eigenvalue weighted by Crippen LogP contribution is 2.31. The third kappa shape index (κ3) is 6.43. The second kappa shape index (κ2) is 13.0. The number of fused-ring (bicyclic) bond motifs is 1. The van der Waals surface area contributed by atoms with Gasteiger partial charge in [-0.2, -0.15) is 0 Å². The number of anilines is 2. The topological polar surface area (TPSA) is 103 Å². The van der Waals surface area contributed by atoms with Crippen molar-refractivity contribution in [3.8, 4) is 5.75 Å². The van der Waals surface area contributed by atoms with E-state index < -0.39 is 11.5 Å². The van der Waals surface area contributed by atoms with Crippen molar-refractivity contribution in [2.75, 3.05) is 62.7 Å². The number of carbonyl (C=O) groups excluding carboxylic acids is 2. The van der Waals surface area contributed by atoms with Crippen LogP contribution in [0.4, 0.5) is 20.6 Å². The fraction of sp³-hybridized carbons (Fsp3) is 0.484. The monoisotopic (exact) mass is 593 g/mol. The summed E-state index contributed by atoms with van der Waals surface area (Å²) in [4.78, 5) is 53.7. The second-order valence-corrected chi connectivity index (χ2v) is 11.4. The Morgan fingerprint density at radius 3 is 2.44 bits per heavy atom. The van der Waals surface area contributed by atoms with Gasteiger partial charge in [0.2, 0.25) is 5.75 Å². The van der Waals surface area contributed by atoms with Gasteiger partial charge in [-0.05, 0) is 51.1 Å². The van der Waals surface area contributed by atoms with Gasteiger partial charge in [0.1, 0.15) is 5.82 Å². The summed E-state index contributed by atoms with van der Waals surface area (Å²) in [5.74, 6) is -1.11. The molecular weight excluding hydrogens is 553 g/mol. The number of ether oxygens (including phenoxy) is 1. The average molecular weight is 594 g/mol. The van der Waals surface area contributed by atoms with Crippen molar-refractivity contribution in [1.29, 1.82) is 0 Å². The summed E-state index contributed by atoms with van der Waals surface area (Å²) in [5.41, 5.74) is 1.49.